The Labute approximate surface area is 336 Å². The molecule has 0 atom stereocenters. The molecule has 4 heterocycles. The number of hydrogen-bond acceptors (Lipinski definition) is 5. The van der Waals surface area contributed by atoms with Crippen molar-refractivity contribution in [2.24, 2.45) is 0 Å². The van der Waals surface area contributed by atoms with Gasteiger partial charge in [0.05, 0.1) is 11.0 Å². The third kappa shape index (κ3) is 4.84. The zero-order chi connectivity index (χ0) is 38.6. The zero-order valence-electron chi connectivity index (χ0n) is 31.4. The Morgan fingerprint density at radius 3 is 1.83 bits per heavy atom. The Morgan fingerprint density at radius 1 is 0.339 bits per heavy atom. The maximum Gasteiger partial charge on any atom is 0.164 e. The van der Waals surface area contributed by atoms with Crippen LogP contribution in [0, 0.1) is 0 Å². The van der Waals surface area contributed by atoms with E-state index in [0.29, 0.717) is 17.5 Å². The summed E-state index contributed by atoms with van der Waals surface area (Å²) in [6, 6.07) is 63.3. The van der Waals surface area contributed by atoms with E-state index in [1.165, 1.54) is 21.5 Å². The highest BCUT2D eigenvalue weighted by molar-refractivity contribution is 6.22. The minimum absolute atomic E-state index is 0.564. The molecule has 0 saturated heterocycles. The van der Waals surface area contributed by atoms with Crippen LogP contribution >= 0.6 is 0 Å². The number of fused-ring (bicyclic) bond motifs is 12. The molecule has 9 aromatic carbocycles. The van der Waals surface area contributed by atoms with E-state index in [2.05, 4.69) is 132 Å². The summed E-state index contributed by atoms with van der Waals surface area (Å²) in [4.78, 5) is 15.4. The molecule has 0 aliphatic carbocycles. The van der Waals surface area contributed by atoms with Gasteiger partial charge in [0.15, 0.2) is 17.5 Å². The largest absolute Gasteiger partial charge is 0.456 e. The van der Waals surface area contributed by atoms with Gasteiger partial charge in [0.2, 0.25) is 0 Å². The minimum atomic E-state index is 0.564. The number of hydrogen-bond donors (Lipinski definition) is 0. The van der Waals surface area contributed by atoms with Crippen molar-refractivity contribution in [3.63, 3.8) is 0 Å². The second-order valence-corrected chi connectivity index (χ2v) is 15.2. The van der Waals surface area contributed by atoms with Crippen LogP contribution in [0.4, 0.5) is 0 Å². The SMILES string of the molecule is c1ccc(-c2nc(-c3ccc4c(c3)oc3ccccc34)nc(-c3cc4oc5cc(-n6c7ccccc7c7cc8ccccc8cc76)ccc5c4c4ccccc34)n2)cc1. The highest BCUT2D eigenvalue weighted by atomic mass is 16.3. The smallest absolute Gasteiger partial charge is 0.164 e. The Morgan fingerprint density at radius 2 is 0.966 bits per heavy atom. The molecule has 13 aromatic rings. The fourth-order valence-electron chi connectivity index (χ4n) is 9.09. The van der Waals surface area contributed by atoms with Crippen LogP contribution in [0.1, 0.15) is 0 Å². The molecule has 0 saturated carbocycles. The van der Waals surface area contributed by atoms with Crippen molar-refractivity contribution in [1.29, 1.82) is 0 Å². The Bertz CT molecular complexity index is 3860. The van der Waals surface area contributed by atoms with Crippen molar-refractivity contribution in [3.05, 3.63) is 182 Å². The normalized spacial score (nSPS) is 12.1. The minimum Gasteiger partial charge on any atom is -0.456 e. The van der Waals surface area contributed by atoms with E-state index < -0.39 is 0 Å². The predicted octanol–water partition coefficient (Wildman–Crippen LogP) is 14.1. The molecule has 6 heteroatoms. The van der Waals surface area contributed by atoms with Gasteiger partial charge in [-0.2, -0.15) is 0 Å². The average molecular weight is 755 g/mol. The van der Waals surface area contributed by atoms with Crippen LogP contribution in [0.15, 0.2) is 191 Å². The van der Waals surface area contributed by atoms with Gasteiger partial charge >= 0.3 is 0 Å². The molecule has 0 bridgehead atoms. The molecule has 0 amide bonds. The van der Waals surface area contributed by atoms with Crippen LogP contribution in [-0.2, 0) is 0 Å². The van der Waals surface area contributed by atoms with E-state index in [1.54, 1.807) is 0 Å². The zero-order valence-corrected chi connectivity index (χ0v) is 31.4. The van der Waals surface area contributed by atoms with Crippen LogP contribution in [-0.4, -0.2) is 19.5 Å². The number of para-hydroxylation sites is 2. The monoisotopic (exact) mass is 754 g/mol. The van der Waals surface area contributed by atoms with Gasteiger partial charge in [0.25, 0.3) is 0 Å². The molecule has 0 spiro atoms. The van der Waals surface area contributed by atoms with Gasteiger partial charge in [0.1, 0.15) is 22.3 Å². The summed E-state index contributed by atoms with van der Waals surface area (Å²) in [6.07, 6.45) is 0. The van der Waals surface area contributed by atoms with Gasteiger partial charge in [0, 0.05) is 60.8 Å². The molecule has 274 valence electrons. The van der Waals surface area contributed by atoms with E-state index in [9.17, 15) is 0 Å². The Kier molecular flexibility index (Phi) is 6.63. The molecule has 0 aliphatic rings. The number of rotatable bonds is 4. The summed E-state index contributed by atoms with van der Waals surface area (Å²) >= 11 is 0. The second-order valence-electron chi connectivity index (χ2n) is 15.2. The summed E-state index contributed by atoms with van der Waals surface area (Å²) in [5.41, 5.74) is 9.19. The van der Waals surface area contributed by atoms with Crippen molar-refractivity contribution in [3.8, 4) is 39.9 Å². The quantitative estimate of drug-likeness (QED) is 0.179. The predicted molar refractivity (Wildman–Crippen MR) is 240 cm³/mol. The summed E-state index contributed by atoms with van der Waals surface area (Å²) in [5, 5.41) is 11.2. The maximum atomic E-state index is 6.87. The molecular weight excluding hydrogens is 725 g/mol. The lowest BCUT2D eigenvalue weighted by Crippen LogP contribution is -2.00. The first-order valence-corrected chi connectivity index (χ1v) is 19.8. The van der Waals surface area contributed by atoms with Gasteiger partial charge in [-0.1, -0.05) is 121 Å². The lowest BCUT2D eigenvalue weighted by atomic mass is 9.98. The van der Waals surface area contributed by atoms with Gasteiger partial charge in [-0.25, -0.2) is 15.0 Å². The van der Waals surface area contributed by atoms with E-state index in [1.807, 2.05) is 54.6 Å². The Balaban J connectivity index is 1.02. The van der Waals surface area contributed by atoms with Crippen LogP contribution in [0.5, 0.6) is 0 Å². The van der Waals surface area contributed by atoms with Crippen molar-refractivity contribution >= 4 is 87.2 Å². The summed E-state index contributed by atoms with van der Waals surface area (Å²) in [6.45, 7) is 0. The third-order valence-electron chi connectivity index (χ3n) is 11.8. The van der Waals surface area contributed by atoms with Gasteiger partial charge in [-0.3, -0.25) is 0 Å². The van der Waals surface area contributed by atoms with Crippen molar-refractivity contribution in [2.45, 2.75) is 0 Å². The molecular formula is C53H30N4O2. The number of aromatic nitrogens is 4. The first kappa shape index (κ1) is 32.0. The highest BCUT2D eigenvalue weighted by Gasteiger charge is 2.21. The number of furan rings is 2. The van der Waals surface area contributed by atoms with Crippen LogP contribution in [0.25, 0.3) is 127 Å². The van der Waals surface area contributed by atoms with Crippen LogP contribution < -0.4 is 0 Å². The van der Waals surface area contributed by atoms with Crippen molar-refractivity contribution in [2.75, 3.05) is 0 Å². The van der Waals surface area contributed by atoms with E-state index in [-0.39, 0.29) is 0 Å². The molecule has 6 nitrogen and oxygen atoms in total. The fraction of sp³-hybridized carbons (Fsp3) is 0. The molecule has 59 heavy (non-hydrogen) atoms. The van der Waals surface area contributed by atoms with Crippen LogP contribution in [0.3, 0.4) is 0 Å². The second kappa shape index (κ2) is 12.2. The molecule has 4 aromatic heterocycles. The summed E-state index contributed by atoms with van der Waals surface area (Å²) in [7, 11) is 0. The number of benzene rings is 9. The van der Waals surface area contributed by atoms with Crippen molar-refractivity contribution < 1.29 is 8.83 Å². The lowest BCUT2D eigenvalue weighted by molar-refractivity contribution is 0.668. The maximum absolute atomic E-state index is 6.87. The first-order valence-electron chi connectivity index (χ1n) is 19.8. The van der Waals surface area contributed by atoms with E-state index in [0.717, 1.165) is 88.1 Å². The molecule has 0 unspecified atom stereocenters. The highest BCUT2D eigenvalue weighted by Crippen LogP contribution is 2.42. The van der Waals surface area contributed by atoms with E-state index in [4.69, 9.17) is 23.8 Å². The average Bonchev–Trinajstić information content (AvgIpc) is 3.96. The topological polar surface area (TPSA) is 69.9 Å². The lowest BCUT2D eigenvalue weighted by Gasteiger charge is -2.11. The molecule has 0 aliphatic heterocycles. The van der Waals surface area contributed by atoms with Gasteiger partial charge in [-0.05, 0) is 76.1 Å². The van der Waals surface area contributed by atoms with Crippen molar-refractivity contribution in [1.82, 2.24) is 19.5 Å². The molecule has 13 rings (SSSR count). The first-order chi connectivity index (χ1) is 29.2. The van der Waals surface area contributed by atoms with Crippen LogP contribution in [0.2, 0.25) is 0 Å². The van der Waals surface area contributed by atoms with E-state index >= 15 is 0 Å². The molecule has 0 radical (unpaired) electrons. The van der Waals surface area contributed by atoms with Gasteiger partial charge < -0.3 is 13.4 Å². The standard InChI is InChI=1S/C53H30N4O2/c1-2-12-31(13-3-1)51-54-52(34-22-24-39-38-18-9-11-21-46(38)58-47(39)28-34)56-53(55-51)43-30-49-50(40-19-7-6-16-36(40)43)41-25-23-35(29-48(41)59-49)57-44-20-10-8-17-37(44)42-26-32-14-4-5-15-33(32)27-45(42)57/h1-30H. The number of nitrogens with zero attached hydrogens (tertiary/aromatic N) is 4. The third-order valence-corrected chi connectivity index (χ3v) is 11.8. The van der Waals surface area contributed by atoms with Gasteiger partial charge in [-0.15, -0.1) is 0 Å². The summed E-state index contributed by atoms with van der Waals surface area (Å²) in [5.74, 6) is 1.72. The fourth-order valence-corrected chi connectivity index (χ4v) is 9.09. The molecule has 0 N–H and O–H groups in total. The Hall–Kier alpha value is -8.09. The molecule has 0 fully saturated rings. The summed E-state index contributed by atoms with van der Waals surface area (Å²) < 4.78 is 15.5.